The lowest BCUT2D eigenvalue weighted by atomic mass is 10.0. The number of aromatic nitrogens is 1. The third-order valence-corrected chi connectivity index (χ3v) is 6.46. The zero-order valence-electron chi connectivity index (χ0n) is 19.5. The number of rotatable bonds is 7. The van der Waals surface area contributed by atoms with Gasteiger partial charge in [-0.3, -0.25) is 9.00 Å². The number of hydrogen-bond donors (Lipinski definition) is 0. The number of nitrogens with zero attached hydrogens (tertiary/aromatic N) is 1. The number of para-hydroxylation sites is 1. The molecule has 5 heteroatoms. The van der Waals surface area contributed by atoms with Crippen molar-refractivity contribution in [3.05, 3.63) is 101 Å². The summed E-state index contributed by atoms with van der Waals surface area (Å²) >= 11 is 0. The normalized spacial score (nSPS) is 11.4. The molecule has 33 heavy (non-hydrogen) atoms. The molecule has 4 nitrogen and oxygen atoms in total. The first-order valence-electron chi connectivity index (χ1n) is 11.1. The molecule has 1 heterocycles. The fourth-order valence-electron chi connectivity index (χ4n) is 3.63. The Kier molecular flexibility index (Phi) is 8.50. The number of carbonyl (C=O) groups excluding carboxylic acids is 1. The molecule has 0 fully saturated rings. The van der Waals surface area contributed by atoms with Crippen molar-refractivity contribution in [2.75, 3.05) is 0 Å². The zero-order chi connectivity index (χ0) is 23.8. The minimum atomic E-state index is -1.29. The Hall–Kier alpha value is -3.31. The maximum atomic E-state index is 13.0. The predicted octanol–water partition coefficient (Wildman–Crippen LogP) is 6.66. The third kappa shape index (κ3) is 6.14. The quantitative estimate of drug-likeness (QED) is 0.290. The van der Waals surface area contributed by atoms with Gasteiger partial charge in [-0.2, -0.15) is 0 Å². The summed E-state index contributed by atoms with van der Waals surface area (Å²) in [5, 5.41) is 1.09. The van der Waals surface area contributed by atoms with Crippen molar-refractivity contribution >= 4 is 27.5 Å². The van der Waals surface area contributed by atoms with Crippen LogP contribution < -0.4 is 4.74 Å². The number of ether oxygens (including phenoxy) is 1. The molecular formula is C28H29NO3S. The van der Waals surface area contributed by atoms with E-state index in [9.17, 15) is 9.00 Å². The Morgan fingerprint density at radius 1 is 0.939 bits per heavy atom. The number of carbonyl (C=O) groups is 1. The van der Waals surface area contributed by atoms with E-state index < -0.39 is 10.8 Å². The van der Waals surface area contributed by atoms with Crippen molar-refractivity contribution in [3.63, 3.8) is 0 Å². The number of hydrogen-bond acceptors (Lipinski definition) is 4. The van der Waals surface area contributed by atoms with E-state index in [0.717, 1.165) is 27.7 Å². The molecule has 0 bridgehead atoms. The minimum absolute atomic E-state index is 0.00920. The van der Waals surface area contributed by atoms with Gasteiger partial charge in [-0.05, 0) is 55.3 Å². The maximum Gasteiger partial charge on any atom is 0.160 e. The van der Waals surface area contributed by atoms with Crippen LogP contribution in [0.15, 0.2) is 83.8 Å². The molecule has 170 valence electrons. The summed E-state index contributed by atoms with van der Waals surface area (Å²) in [5.41, 5.74) is 4.12. The Labute approximate surface area is 198 Å². The van der Waals surface area contributed by atoms with Crippen LogP contribution in [0.5, 0.6) is 5.75 Å². The number of Topliss-reactive ketones (excluding diaryl/α,β-unsaturated/α-hetero) is 1. The van der Waals surface area contributed by atoms with E-state index in [1.54, 1.807) is 13.0 Å². The van der Waals surface area contributed by atoms with Crippen molar-refractivity contribution in [2.45, 2.75) is 45.0 Å². The van der Waals surface area contributed by atoms with Gasteiger partial charge >= 0.3 is 0 Å². The Balaban J connectivity index is 0.00000149. The molecular weight excluding hydrogens is 430 g/mol. The molecule has 0 saturated carbocycles. The average molecular weight is 460 g/mol. The van der Waals surface area contributed by atoms with Crippen molar-refractivity contribution in [2.24, 2.45) is 0 Å². The van der Waals surface area contributed by atoms with Crippen LogP contribution in [0.25, 0.3) is 10.9 Å². The highest BCUT2D eigenvalue weighted by Gasteiger charge is 2.14. The van der Waals surface area contributed by atoms with E-state index in [0.29, 0.717) is 22.8 Å². The lowest BCUT2D eigenvalue weighted by Crippen LogP contribution is -2.06. The summed E-state index contributed by atoms with van der Waals surface area (Å²) < 4.78 is 18.9. The lowest BCUT2D eigenvalue weighted by molar-refractivity contribution is 0.101. The minimum Gasteiger partial charge on any atom is -0.487 e. The first-order valence-corrected chi connectivity index (χ1v) is 12.4. The summed E-state index contributed by atoms with van der Waals surface area (Å²) in [7, 11) is -1.29. The van der Waals surface area contributed by atoms with Gasteiger partial charge < -0.3 is 4.74 Å². The van der Waals surface area contributed by atoms with Crippen molar-refractivity contribution in [1.29, 1.82) is 0 Å². The molecule has 3 aromatic carbocycles. The van der Waals surface area contributed by atoms with Gasteiger partial charge in [-0.1, -0.05) is 62.4 Å². The average Bonchev–Trinajstić information content (AvgIpc) is 2.84. The lowest BCUT2D eigenvalue weighted by Gasteiger charge is -2.11. The van der Waals surface area contributed by atoms with Crippen molar-refractivity contribution in [3.8, 4) is 5.75 Å². The number of fused-ring (bicyclic) bond motifs is 1. The van der Waals surface area contributed by atoms with Crippen LogP contribution in [0.4, 0.5) is 0 Å². The van der Waals surface area contributed by atoms with Crippen LogP contribution in [0.1, 0.15) is 48.0 Å². The Morgan fingerprint density at radius 3 is 2.48 bits per heavy atom. The first-order chi connectivity index (χ1) is 16.0. The second-order valence-corrected chi connectivity index (χ2v) is 8.87. The summed E-state index contributed by atoms with van der Waals surface area (Å²) in [4.78, 5) is 17.3. The summed E-state index contributed by atoms with van der Waals surface area (Å²) in [6, 6.07) is 24.9. The van der Waals surface area contributed by atoms with Gasteiger partial charge in [0.15, 0.2) is 5.78 Å². The first kappa shape index (κ1) is 24.3. The van der Waals surface area contributed by atoms with E-state index in [-0.39, 0.29) is 11.5 Å². The topological polar surface area (TPSA) is 56.3 Å². The number of ketones is 1. The highest BCUT2D eigenvalue weighted by atomic mass is 32.2. The monoisotopic (exact) mass is 459 g/mol. The van der Waals surface area contributed by atoms with E-state index in [1.165, 1.54) is 0 Å². The maximum absolute atomic E-state index is 13.0. The fraction of sp³-hybridized carbons (Fsp3) is 0.214. The molecule has 4 rings (SSSR count). The summed E-state index contributed by atoms with van der Waals surface area (Å²) in [6.07, 6.45) is 0. The molecule has 0 N–H and O–H groups in total. The van der Waals surface area contributed by atoms with E-state index >= 15 is 0 Å². The zero-order valence-corrected chi connectivity index (χ0v) is 20.3. The molecule has 1 aromatic heterocycles. The second kappa shape index (κ2) is 11.5. The number of pyridine rings is 1. The van der Waals surface area contributed by atoms with Crippen molar-refractivity contribution < 1.29 is 13.7 Å². The molecule has 1 atom stereocenters. The molecule has 0 aliphatic carbocycles. The molecule has 1 unspecified atom stereocenters. The summed E-state index contributed by atoms with van der Waals surface area (Å²) in [6.45, 7) is 7.77. The Bertz CT molecular complexity index is 1280. The van der Waals surface area contributed by atoms with Crippen LogP contribution in [0.2, 0.25) is 0 Å². The third-order valence-electron chi connectivity index (χ3n) is 5.11. The SMILES string of the molecule is CC.CC(=O)c1c(C)cccc1CS(=O)c1cccc(OCc2ccc3ccccc3n2)c1. The molecule has 0 saturated heterocycles. The van der Waals surface area contributed by atoms with Gasteiger partial charge in [0.05, 0.1) is 27.8 Å². The van der Waals surface area contributed by atoms with E-state index in [2.05, 4.69) is 4.98 Å². The van der Waals surface area contributed by atoms with E-state index in [1.807, 2.05) is 93.6 Å². The van der Waals surface area contributed by atoms with Gasteiger partial charge in [0.25, 0.3) is 0 Å². The molecule has 0 aliphatic rings. The number of aryl methyl sites for hydroxylation is 1. The van der Waals surface area contributed by atoms with Gasteiger partial charge in [-0.15, -0.1) is 0 Å². The molecule has 4 aromatic rings. The molecule has 0 radical (unpaired) electrons. The number of benzene rings is 3. The Morgan fingerprint density at radius 2 is 1.70 bits per heavy atom. The molecule has 0 amide bonds. The van der Waals surface area contributed by atoms with Crippen LogP contribution >= 0.6 is 0 Å². The van der Waals surface area contributed by atoms with Crippen LogP contribution in [0, 0.1) is 6.92 Å². The van der Waals surface area contributed by atoms with E-state index in [4.69, 9.17) is 4.74 Å². The largest absolute Gasteiger partial charge is 0.487 e. The molecule has 0 aliphatic heterocycles. The highest BCUT2D eigenvalue weighted by molar-refractivity contribution is 7.84. The van der Waals surface area contributed by atoms with Crippen molar-refractivity contribution in [1.82, 2.24) is 4.98 Å². The van der Waals surface area contributed by atoms with Crippen LogP contribution in [-0.4, -0.2) is 15.0 Å². The smallest absolute Gasteiger partial charge is 0.160 e. The van der Waals surface area contributed by atoms with Gasteiger partial charge in [0.1, 0.15) is 12.4 Å². The predicted molar refractivity (Wildman–Crippen MR) is 135 cm³/mol. The standard InChI is InChI=1S/C26H23NO3S.C2H6/c1-18-7-5-9-21(26(18)19(2)28)17-31(29)24-11-6-10-23(15-24)30-16-22-14-13-20-8-3-4-12-25(20)27-22;1-2/h3-15H,16-17H2,1-2H3;1-2H3. The van der Waals surface area contributed by atoms with Gasteiger partial charge in [0.2, 0.25) is 0 Å². The van der Waals surface area contributed by atoms with Gasteiger partial charge in [0, 0.05) is 15.8 Å². The second-order valence-electron chi connectivity index (χ2n) is 7.41. The van der Waals surface area contributed by atoms with Crippen LogP contribution in [0.3, 0.4) is 0 Å². The highest BCUT2D eigenvalue weighted by Crippen LogP contribution is 2.23. The van der Waals surface area contributed by atoms with Gasteiger partial charge in [-0.25, -0.2) is 4.98 Å². The fourth-order valence-corrected chi connectivity index (χ4v) is 4.80. The molecule has 0 spiro atoms. The van der Waals surface area contributed by atoms with Crippen LogP contribution in [-0.2, 0) is 23.2 Å². The summed E-state index contributed by atoms with van der Waals surface area (Å²) in [5.74, 6) is 0.911.